The highest BCUT2D eigenvalue weighted by Gasteiger charge is 2.11. The van der Waals surface area contributed by atoms with E-state index in [2.05, 4.69) is 9.47 Å². The summed E-state index contributed by atoms with van der Waals surface area (Å²) in [5.74, 6) is 0.271. The standard InChI is InChI=1S/C14H22N2O/c1-2-5-14(17)13-6-9-16(12-13)11-10-15-7-3-4-8-15/h6,9,12H,2-5,7-8,10-11H2,1H3. The van der Waals surface area contributed by atoms with Gasteiger partial charge in [-0.1, -0.05) is 6.92 Å². The molecule has 1 fully saturated rings. The summed E-state index contributed by atoms with van der Waals surface area (Å²) in [5, 5.41) is 0. The van der Waals surface area contributed by atoms with E-state index in [1.807, 2.05) is 25.4 Å². The fourth-order valence-electron chi connectivity index (χ4n) is 2.38. The lowest BCUT2D eigenvalue weighted by molar-refractivity contribution is 0.0981. The molecule has 1 aliphatic heterocycles. The topological polar surface area (TPSA) is 25.2 Å². The van der Waals surface area contributed by atoms with Crippen LogP contribution >= 0.6 is 0 Å². The molecule has 94 valence electrons. The average molecular weight is 234 g/mol. The van der Waals surface area contributed by atoms with Gasteiger partial charge >= 0.3 is 0 Å². The third kappa shape index (κ3) is 3.43. The summed E-state index contributed by atoms with van der Waals surface area (Å²) in [5.41, 5.74) is 0.869. The largest absolute Gasteiger partial charge is 0.352 e. The number of carbonyl (C=O) groups excluding carboxylic acids is 1. The maximum absolute atomic E-state index is 11.7. The SMILES string of the molecule is CCCC(=O)c1ccn(CCN2CCCC2)c1. The van der Waals surface area contributed by atoms with Crippen molar-refractivity contribution in [1.29, 1.82) is 0 Å². The van der Waals surface area contributed by atoms with Gasteiger partial charge in [0.15, 0.2) is 5.78 Å². The Balaban J connectivity index is 1.83. The van der Waals surface area contributed by atoms with Crippen LogP contribution in [0.15, 0.2) is 18.5 Å². The van der Waals surface area contributed by atoms with Gasteiger partial charge < -0.3 is 9.47 Å². The van der Waals surface area contributed by atoms with E-state index >= 15 is 0 Å². The van der Waals surface area contributed by atoms with Crippen LogP contribution in [-0.4, -0.2) is 34.9 Å². The van der Waals surface area contributed by atoms with Gasteiger partial charge in [-0.2, -0.15) is 0 Å². The zero-order valence-corrected chi connectivity index (χ0v) is 10.7. The van der Waals surface area contributed by atoms with E-state index in [1.54, 1.807) is 0 Å². The van der Waals surface area contributed by atoms with Crippen molar-refractivity contribution in [2.24, 2.45) is 0 Å². The quantitative estimate of drug-likeness (QED) is 0.707. The average Bonchev–Trinajstić information content (AvgIpc) is 2.98. The molecule has 0 aromatic carbocycles. The van der Waals surface area contributed by atoms with E-state index in [-0.39, 0.29) is 5.78 Å². The van der Waals surface area contributed by atoms with Gasteiger partial charge in [-0.25, -0.2) is 0 Å². The molecule has 2 heterocycles. The maximum Gasteiger partial charge on any atom is 0.164 e. The van der Waals surface area contributed by atoms with Crippen molar-refractivity contribution in [2.75, 3.05) is 19.6 Å². The first-order valence-corrected chi connectivity index (χ1v) is 6.71. The van der Waals surface area contributed by atoms with Crippen LogP contribution in [-0.2, 0) is 6.54 Å². The van der Waals surface area contributed by atoms with E-state index in [4.69, 9.17) is 0 Å². The smallest absolute Gasteiger partial charge is 0.164 e. The predicted molar refractivity (Wildman–Crippen MR) is 69.3 cm³/mol. The van der Waals surface area contributed by atoms with Crippen molar-refractivity contribution < 1.29 is 4.79 Å². The van der Waals surface area contributed by atoms with Crippen LogP contribution in [0.3, 0.4) is 0 Å². The molecule has 0 radical (unpaired) electrons. The lowest BCUT2D eigenvalue weighted by Gasteiger charge is -2.14. The van der Waals surface area contributed by atoms with Crippen LogP contribution in [0.1, 0.15) is 43.0 Å². The van der Waals surface area contributed by atoms with E-state index in [0.717, 1.165) is 25.1 Å². The maximum atomic E-state index is 11.7. The molecule has 0 bridgehead atoms. The molecule has 3 nitrogen and oxygen atoms in total. The second kappa shape index (κ2) is 6.01. The Morgan fingerprint density at radius 1 is 1.29 bits per heavy atom. The second-order valence-corrected chi connectivity index (χ2v) is 4.86. The van der Waals surface area contributed by atoms with Gasteiger partial charge in [0.2, 0.25) is 0 Å². The van der Waals surface area contributed by atoms with Crippen molar-refractivity contribution in [3.63, 3.8) is 0 Å². The molecule has 1 saturated heterocycles. The summed E-state index contributed by atoms with van der Waals surface area (Å²) in [4.78, 5) is 14.2. The van der Waals surface area contributed by atoms with Gasteiger partial charge in [-0.3, -0.25) is 4.79 Å². The summed E-state index contributed by atoms with van der Waals surface area (Å²) >= 11 is 0. The number of ketones is 1. The van der Waals surface area contributed by atoms with Crippen molar-refractivity contribution in [3.05, 3.63) is 24.0 Å². The van der Waals surface area contributed by atoms with Crippen LogP contribution < -0.4 is 0 Å². The minimum atomic E-state index is 0.271. The summed E-state index contributed by atoms with van der Waals surface area (Å²) < 4.78 is 2.14. The van der Waals surface area contributed by atoms with E-state index in [0.29, 0.717) is 6.42 Å². The number of nitrogens with zero attached hydrogens (tertiary/aromatic N) is 2. The van der Waals surface area contributed by atoms with Crippen molar-refractivity contribution in [2.45, 2.75) is 39.2 Å². The second-order valence-electron chi connectivity index (χ2n) is 4.86. The fourth-order valence-corrected chi connectivity index (χ4v) is 2.38. The molecule has 0 atom stereocenters. The minimum Gasteiger partial charge on any atom is -0.352 e. The first kappa shape index (κ1) is 12.4. The molecule has 0 spiro atoms. The molecule has 0 N–H and O–H groups in total. The molecule has 0 amide bonds. The molecule has 1 aliphatic rings. The van der Waals surface area contributed by atoms with Gasteiger partial charge in [0.05, 0.1) is 0 Å². The zero-order chi connectivity index (χ0) is 12.1. The summed E-state index contributed by atoms with van der Waals surface area (Å²) in [6, 6.07) is 1.95. The highest BCUT2D eigenvalue weighted by molar-refractivity contribution is 5.95. The molecule has 1 aromatic rings. The third-order valence-electron chi connectivity index (χ3n) is 3.42. The number of rotatable bonds is 6. The molecular weight excluding hydrogens is 212 g/mol. The number of hydrogen-bond donors (Lipinski definition) is 0. The highest BCUT2D eigenvalue weighted by Crippen LogP contribution is 2.09. The van der Waals surface area contributed by atoms with Gasteiger partial charge in [0, 0.05) is 37.5 Å². The molecule has 0 unspecified atom stereocenters. The first-order valence-electron chi connectivity index (χ1n) is 6.71. The molecular formula is C14H22N2O. The highest BCUT2D eigenvalue weighted by atomic mass is 16.1. The number of carbonyl (C=O) groups is 1. The third-order valence-corrected chi connectivity index (χ3v) is 3.42. The van der Waals surface area contributed by atoms with Gasteiger partial charge in [0.1, 0.15) is 0 Å². The Bertz CT molecular complexity index is 364. The van der Waals surface area contributed by atoms with Crippen LogP contribution in [0.2, 0.25) is 0 Å². The Morgan fingerprint density at radius 3 is 2.76 bits per heavy atom. The lowest BCUT2D eigenvalue weighted by Crippen LogP contribution is -2.23. The summed E-state index contributed by atoms with van der Waals surface area (Å²) in [6.45, 7) is 6.63. The molecule has 0 saturated carbocycles. The monoisotopic (exact) mass is 234 g/mol. The molecule has 17 heavy (non-hydrogen) atoms. The summed E-state index contributed by atoms with van der Waals surface area (Å²) in [6.07, 6.45) is 8.29. The molecule has 3 heteroatoms. The summed E-state index contributed by atoms with van der Waals surface area (Å²) in [7, 11) is 0. The lowest BCUT2D eigenvalue weighted by atomic mass is 10.1. The minimum absolute atomic E-state index is 0.271. The Hall–Kier alpha value is -1.09. The van der Waals surface area contributed by atoms with Crippen molar-refractivity contribution >= 4 is 5.78 Å². The van der Waals surface area contributed by atoms with Crippen LogP contribution in [0.4, 0.5) is 0 Å². The van der Waals surface area contributed by atoms with Crippen molar-refractivity contribution in [3.8, 4) is 0 Å². The Labute approximate surface area is 103 Å². The fraction of sp³-hybridized carbons (Fsp3) is 0.643. The van der Waals surface area contributed by atoms with E-state index in [9.17, 15) is 4.79 Å². The Kier molecular flexibility index (Phi) is 4.37. The number of Topliss-reactive ketones (excluding diaryl/α,β-unsaturated/α-hetero) is 1. The van der Waals surface area contributed by atoms with E-state index in [1.165, 1.54) is 25.9 Å². The first-order chi connectivity index (χ1) is 8.29. The van der Waals surface area contributed by atoms with Crippen molar-refractivity contribution in [1.82, 2.24) is 9.47 Å². The van der Waals surface area contributed by atoms with Crippen LogP contribution in [0.5, 0.6) is 0 Å². The van der Waals surface area contributed by atoms with Gasteiger partial charge in [-0.05, 0) is 38.4 Å². The van der Waals surface area contributed by atoms with E-state index < -0.39 is 0 Å². The number of likely N-dealkylation sites (tertiary alicyclic amines) is 1. The molecule has 1 aromatic heterocycles. The molecule has 2 rings (SSSR count). The number of aromatic nitrogens is 1. The van der Waals surface area contributed by atoms with Crippen LogP contribution in [0.25, 0.3) is 0 Å². The zero-order valence-electron chi connectivity index (χ0n) is 10.7. The van der Waals surface area contributed by atoms with Crippen LogP contribution in [0, 0.1) is 0 Å². The molecule has 0 aliphatic carbocycles. The number of hydrogen-bond acceptors (Lipinski definition) is 2. The predicted octanol–water partition coefficient (Wildman–Crippen LogP) is 2.57. The Morgan fingerprint density at radius 2 is 2.06 bits per heavy atom. The van der Waals surface area contributed by atoms with Gasteiger partial charge in [0.25, 0.3) is 0 Å². The van der Waals surface area contributed by atoms with Gasteiger partial charge in [-0.15, -0.1) is 0 Å². The normalized spacial score (nSPS) is 16.5.